The number of unbranched alkanes of at least 4 members (excludes halogenated alkanes) is 1. The number of hydrogen-bond acceptors (Lipinski definition) is 4. The molecule has 0 radical (unpaired) electrons. The Hall–Kier alpha value is -2.10. The molecule has 0 unspecified atom stereocenters. The highest BCUT2D eigenvalue weighted by atomic mass is 15.2. The first-order valence-electron chi connectivity index (χ1n) is 7.31. The molecule has 2 heterocycles. The van der Waals surface area contributed by atoms with E-state index in [1.54, 1.807) is 0 Å². The van der Waals surface area contributed by atoms with E-state index in [1.165, 1.54) is 17.7 Å². The van der Waals surface area contributed by atoms with Gasteiger partial charge in [0.25, 0.3) is 0 Å². The van der Waals surface area contributed by atoms with Gasteiger partial charge in [-0.15, -0.1) is 0 Å². The highest BCUT2D eigenvalue weighted by Crippen LogP contribution is 2.33. The van der Waals surface area contributed by atoms with Gasteiger partial charge in [0.15, 0.2) is 0 Å². The van der Waals surface area contributed by atoms with Gasteiger partial charge in [-0.2, -0.15) is 4.98 Å². The molecule has 20 heavy (non-hydrogen) atoms. The zero-order valence-electron chi connectivity index (χ0n) is 11.8. The van der Waals surface area contributed by atoms with Gasteiger partial charge in [0.1, 0.15) is 5.82 Å². The van der Waals surface area contributed by atoms with Crippen molar-refractivity contribution >= 4 is 17.5 Å². The van der Waals surface area contributed by atoms with E-state index < -0.39 is 0 Å². The van der Waals surface area contributed by atoms with Crippen molar-refractivity contribution in [3.8, 4) is 0 Å². The third-order valence-corrected chi connectivity index (χ3v) is 3.62. The van der Waals surface area contributed by atoms with E-state index in [0.717, 1.165) is 37.7 Å². The van der Waals surface area contributed by atoms with Crippen LogP contribution in [0.15, 0.2) is 36.5 Å². The Kier molecular flexibility index (Phi) is 3.81. The molecule has 0 fully saturated rings. The minimum absolute atomic E-state index is 0.723. The monoisotopic (exact) mass is 268 g/mol. The lowest BCUT2D eigenvalue weighted by Gasteiger charge is -2.18. The molecule has 104 valence electrons. The zero-order chi connectivity index (χ0) is 13.8. The van der Waals surface area contributed by atoms with Crippen molar-refractivity contribution < 1.29 is 0 Å². The van der Waals surface area contributed by atoms with Gasteiger partial charge in [-0.25, -0.2) is 4.98 Å². The summed E-state index contributed by atoms with van der Waals surface area (Å²) in [6.45, 7) is 4.10. The van der Waals surface area contributed by atoms with Crippen LogP contribution in [0.3, 0.4) is 0 Å². The molecule has 0 spiro atoms. The van der Waals surface area contributed by atoms with Gasteiger partial charge in [-0.3, -0.25) is 0 Å². The van der Waals surface area contributed by atoms with Gasteiger partial charge in [-0.05, 0) is 30.5 Å². The van der Waals surface area contributed by atoms with Crippen molar-refractivity contribution in [2.45, 2.75) is 26.2 Å². The molecule has 2 aromatic rings. The normalized spacial score (nSPS) is 13.3. The lowest BCUT2D eigenvalue weighted by atomic mass is 10.2. The molecule has 0 aliphatic carbocycles. The maximum atomic E-state index is 4.63. The summed E-state index contributed by atoms with van der Waals surface area (Å²) < 4.78 is 0. The molecule has 1 aromatic carbocycles. The topological polar surface area (TPSA) is 41.1 Å². The number of rotatable bonds is 5. The van der Waals surface area contributed by atoms with Crippen LogP contribution in [0.1, 0.15) is 25.3 Å². The van der Waals surface area contributed by atoms with Gasteiger partial charge in [0, 0.05) is 25.0 Å². The summed E-state index contributed by atoms with van der Waals surface area (Å²) in [7, 11) is 0. The first-order chi connectivity index (χ1) is 9.88. The lowest BCUT2D eigenvalue weighted by Crippen LogP contribution is -2.16. The number of nitrogens with one attached hydrogen (secondary N) is 1. The maximum Gasteiger partial charge on any atom is 0.224 e. The van der Waals surface area contributed by atoms with E-state index in [9.17, 15) is 0 Å². The fourth-order valence-electron chi connectivity index (χ4n) is 2.54. The SMILES string of the molecule is CCCCNc1nccc(N2CCc3ccccc32)n1. The van der Waals surface area contributed by atoms with E-state index in [-0.39, 0.29) is 0 Å². The predicted octanol–water partition coefficient (Wildman–Crippen LogP) is 3.38. The van der Waals surface area contributed by atoms with E-state index in [0.29, 0.717) is 0 Å². The van der Waals surface area contributed by atoms with Crippen LogP contribution in [0.2, 0.25) is 0 Å². The molecule has 0 saturated carbocycles. The van der Waals surface area contributed by atoms with E-state index in [2.05, 4.69) is 51.4 Å². The molecule has 4 heteroatoms. The molecule has 1 aliphatic heterocycles. The first kappa shape index (κ1) is 12.9. The van der Waals surface area contributed by atoms with Crippen LogP contribution < -0.4 is 10.2 Å². The average molecular weight is 268 g/mol. The Morgan fingerprint density at radius 3 is 3.05 bits per heavy atom. The molecule has 0 bridgehead atoms. The Bertz CT molecular complexity index is 582. The second-order valence-corrected chi connectivity index (χ2v) is 5.05. The minimum atomic E-state index is 0.723. The number of para-hydroxylation sites is 1. The van der Waals surface area contributed by atoms with Crippen molar-refractivity contribution in [1.82, 2.24) is 9.97 Å². The highest BCUT2D eigenvalue weighted by Gasteiger charge is 2.20. The van der Waals surface area contributed by atoms with Crippen molar-refractivity contribution in [3.05, 3.63) is 42.1 Å². The van der Waals surface area contributed by atoms with Crippen LogP contribution in [-0.4, -0.2) is 23.1 Å². The number of aromatic nitrogens is 2. The summed E-state index contributed by atoms with van der Waals surface area (Å²) in [5.41, 5.74) is 2.66. The Balaban J connectivity index is 1.79. The fourth-order valence-corrected chi connectivity index (χ4v) is 2.54. The number of benzene rings is 1. The Labute approximate surface area is 119 Å². The van der Waals surface area contributed by atoms with Gasteiger partial charge in [0.05, 0.1) is 0 Å². The second-order valence-electron chi connectivity index (χ2n) is 5.05. The molecule has 1 aliphatic rings. The fraction of sp³-hybridized carbons (Fsp3) is 0.375. The van der Waals surface area contributed by atoms with Crippen molar-refractivity contribution in [1.29, 1.82) is 0 Å². The first-order valence-corrected chi connectivity index (χ1v) is 7.31. The average Bonchev–Trinajstić information content (AvgIpc) is 2.92. The van der Waals surface area contributed by atoms with Crippen LogP contribution in [0.25, 0.3) is 0 Å². The number of fused-ring (bicyclic) bond motifs is 1. The second kappa shape index (κ2) is 5.90. The van der Waals surface area contributed by atoms with Crippen LogP contribution in [0.4, 0.5) is 17.5 Å². The van der Waals surface area contributed by atoms with E-state index >= 15 is 0 Å². The van der Waals surface area contributed by atoms with Crippen molar-refractivity contribution in [3.63, 3.8) is 0 Å². The highest BCUT2D eigenvalue weighted by molar-refractivity contribution is 5.67. The van der Waals surface area contributed by atoms with Crippen LogP contribution >= 0.6 is 0 Å². The predicted molar refractivity (Wildman–Crippen MR) is 82.6 cm³/mol. The molecule has 1 N–H and O–H groups in total. The van der Waals surface area contributed by atoms with Gasteiger partial charge in [-0.1, -0.05) is 31.5 Å². The molecule has 4 nitrogen and oxygen atoms in total. The summed E-state index contributed by atoms with van der Waals surface area (Å²) in [6, 6.07) is 10.5. The van der Waals surface area contributed by atoms with Crippen LogP contribution in [0, 0.1) is 0 Å². The third-order valence-electron chi connectivity index (χ3n) is 3.62. The smallest absolute Gasteiger partial charge is 0.224 e. The molecular weight excluding hydrogens is 248 g/mol. The summed E-state index contributed by atoms with van der Waals surface area (Å²) in [6.07, 6.45) is 5.22. The van der Waals surface area contributed by atoms with Gasteiger partial charge < -0.3 is 10.2 Å². The number of nitrogens with zero attached hydrogens (tertiary/aromatic N) is 3. The molecular formula is C16H20N4. The number of hydrogen-bond donors (Lipinski definition) is 1. The summed E-state index contributed by atoms with van der Waals surface area (Å²) in [5, 5.41) is 3.28. The third kappa shape index (κ3) is 2.59. The summed E-state index contributed by atoms with van der Waals surface area (Å²) in [5.74, 6) is 1.70. The molecule has 0 atom stereocenters. The molecule has 1 aromatic heterocycles. The standard InChI is InChI=1S/C16H20N4/c1-2-3-10-17-16-18-11-8-15(19-16)20-12-9-13-6-4-5-7-14(13)20/h4-8,11H,2-3,9-10,12H2,1H3,(H,17,18,19). The minimum Gasteiger partial charge on any atom is -0.354 e. The number of anilines is 3. The largest absolute Gasteiger partial charge is 0.354 e. The molecule has 3 rings (SSSR count). The lowest BCUT2D eigenvalue weighted by molar-refractivity contribution is 0.825. The zero-order valence-corrected chi connectivity index (χ0v) is 11.8. The van der Waals surface area contributed by atoms with Crippen LogP contribution in [0.5, 0.6) is 0 Å². The van der Waals surface area contributed by atoms with Crippen molar-refractivity contribution in [2.24, 2.45) is 0 Å². The molecule has 0 saturated heterocycles. The Morgan fingerprint density at radius 1 is 1.25 bits per heavy atom. The van der Waals surface area contributed by atoms with E-state index in [1.807, 2.05) is 12.3 Å². The maximum absolute atomic E-state index is 4.63. The van der Waals surface area contributed by atoms with Gasteiger partial charge >= 0.3 is 0 Å². The molecule has 0 amide bonds. The van der Waals surface area contributed by atoms with E-state index in [4.69, 9.17) is 0 Å². The summed E-state index contributed by atoms with van der Waals surface area (Å²) >= 11 is 0. The Morgan fingerprint density at radius 2 is 2.15 bits per heavy atom. The van der Waals surface area contributed by atoms with Gasteiger partial charge in [0.2, 0.25) is 5.95 Å². The van der Waals surface area contributed by atoms with Crippen LogP contribution in [-0.2, 0) is 6.42 Å². The quantitative estimate of drug-likeness (QED) is 0.844. The van der Waals surface area contributed by atoms with Crippen molar-refractivity contribution in [2.75, 3.05) is 23.3 Å². The summed E-state index contributed by atoms with van der Waals surface area (Å²) in [4.78, 5) is 11.2.